The van der Waals surface area contributed by atoms with E-state index in [9.17, 15) is 5.26 Å². The highest BCUT2D eigenvalue weighted by atomic mass is 79.9. The van der Waals surface area contributed by atoms with Gasteiger partial charge in [-0.1, -0.05) is 46.3 Å². The summed E-state index contributed by atoms with van der Waals surface area (Å²) in [6, 6.07) is 20.3. The van der Waals surface area contributed by atoms with Gasteiger partial charge < -0.3 is 5.32 Å². The summed E-state index contributed by atoms with van der Waals surface area (Å²) in [7, 11) is 0. The van der Waals surface area contributed by atoms with Crippen LogP contribution >= 0.6 is 15.9 Å². The average molecular weight is 337 g/mol. The van der Waals surface area contributed by atoms with Gasteiger partial charge in [0, 0.05) is 15.5 Å². The molecule has 0 aromatic heterocycles. The third kappa shape index (κ3) is 2.63. The molecule has 3 rings (SSSR count). The van der Waals surface area contributed by atoms with Gasteiger partial charge >= 0.3 is 0 Å². The number of fused-ring (bicyclic) bond motifs is 1. The topological polar surface area (TPSA) is 35.8 Å². The first kappa shape index (κ1) is 13.7. The number of aryl methyl sites for hydroxylation is 1. The Morgan fingerprint density at radius 2 is 1.67 bits per heavy atom. The maximum atomic E-state index is 9.28. The molecular formula is C18H13BrN2. The number of anilines is 2. The average Bonchev–Trinajstić information content (AvgIpc) is 2.52. The number of nitriles is 1. The summed E-state index contributed by atoms with van der Waals surface area (Å²) in [6.07, 6.45) is 0. The van der Waals surface area contributed by atoms with Crippen molar-refractivity contribution in [3.63, 3.8) is 0 Å². The molecule has 0 heterocycles. The Morgan fingerprint density at radius 1 is 0.952 bits per heavy atom. The molecule has 1 N–H and O–H groups in total. The maximum absolute atomic E-state index is 9.28. The molecule has 0 spiro atoms. The van der Waals surface area contributed by atoms with E-state index in [-0.39, 0.29) is 0 Å². The Morgan fingerprint density at radius 3 is 2.43 bits per heavy atom. The van der Waals surface area contributed by atoms with E-state index in [1.54, 1.807) is 0 Å². The summed E-state index contributed by atoms with van der Waals surface area (Å²) >= 11 is 3.57. The fourth-order valence-electron chi connectivity index (χ4n) is 2.38. The number of hydrogen-bond acceptors (Lipinski definition) is 2. The lowest BCUT2D eigenvalue weighted by Gasteiger charge is -2.12. The van der Waals surface area contributed by atoms with Crippen LogP contribution in [-0.4, -0.2) is 0 Å². The summed E-state index contributed by atoms with van der Waals surface area (Å²) in [5.74, 6) is 0. The van der Waals surface area contributed by atoms with Crippen LogP contribution < -0.4 is 5.32 Å². The monoisotopic (exact) mass is 336 g/mol. The molecule has 0 aliphatic heterocycles. The van der Waals surface area contributed by atoms with Crippen LogP contribution in [0, 0.1) is 18.3 Å². The molecule has 0 fully saturated rings. The third-order valence-electron chi connectivity index (χ3n) is 3.44. The fraction of sp³-hybridized carbons (Fsp3) is 0.0556. The predicted molar refractivity (Wildman–Crippen MR) is 90.8 cm³/mol. The SMILES string of the molecule is Cc1ccc(Nc2ccc(Br)c3ccccc23)c(C#N)c1. The van der Waals surface area contributed by atoms with Crippen molar-refractivity contribution < 1.29 is 0 Å². The molecular weight excluding hydrogens is 324 g/mol. The minimum Gasteiger partial charge on any atom is -0.354 e. The normalized spacial score (nSPS) is 10.3. The van der Waals surface area contributed by atoms with E-state index in [0.29, 0.717) is 5.56 Å². The van der Waals surface area contributed by atoms with E-state index >= 15 is 0 Å². The summed E-state index contributed by atoms with van der Waals surface area (Å²) in [4.78, 5) is 0. The Balaban J connectivity index is 2.11. The molecule has 0 unspecified atom stereocenters. The summed E-state index contributed by atoms with van der Waals surface area (Å²) in [5, 5.41) is 14.9. The second-order valence-corrected chi connectivity index (χ2v) is 5.78. The van der Waals surface area contributed by atoms with Gasteiger partial charge in [-0.2, -0.15) is 5.26 Å². The Hall–Kier alpha value is -2.31. The van der Waals surface area contributed by atoms with Crippen LogP contribution in [0.4, 0.5) is 11.4 Å². The predicted octanol–water partition coefficient (Wildman–Crippen LogP) is 5.53. The zero-order chi connectivity index (χ0) is 14.8. The minimum absolute atomic E-state index is 0.655. The molecule has 0 radical (unpaired) electrons. The van der Waals surface area contributed by atoms with E-state index in [2.05, 4.69) is 39.4 Å². The molecule has 102 valence electrons. The van der Waals surface area contributed by atoms with Crippen LogP contribution in [0.3, 0.4) is 0 Å². The van der Waals surface area contributed by atoms with Crippen molar-refractivity contribution in [3.8, 4) is 6.07 Å². The van der Waals surface area contributed by atoms with Gasteiger partial charge in [-0.25, -0.2) is 0 Å². The van der Waals surface area contributed by atoms with Gasteiger partial charge in [0.25, 0.3) is 0 Å². The number of nitrogens with one attached hydrogen (secondary N) is 1. The van der Waals surface area contributed by atoms with Crippen LogP contribution in [0.5, 0.6) is 0 Å². The van der Waals surface area contributed by atoms with Crippen LogP contribution in [0.25, 0.3) is 10.8 Å². The number of benzene rings is 3. The molecule has 0 saturated heterocycles. The zero-order valence-electron chi connectivity index (χ0n) is 11.5. The number of nitrogens with zero attached hydrogens (tertiary/aromatic N) is 1. The molecule has 3 aromatic rings. The van der Waals surface area contributed by atoms with Gasteiger partial charge in [0.2, 0.25) is 0 Å². The molecule has 0 saturated carbocycles. The molecule has 3 heteroatoms. The lowest BCUT2D eigenvalue weighted by Crippen LogP contribution is -1.95. The smallest absolute Gasteiger partial charge is 0.101 e. The van der Waals surface area contributed by atoms with Crippen molar-refractivity contribution in [2.45, 2.75) is 6.92 Å². The highest BCUT2D eigenvalue weighted by Crippen LogP contribution is 2.32. The van der Waals surface area contributed by atoms with Gasteiger partial charge in [0.15, 0.2) is 0 Å². The Labute approximate surface area is 132 Å². The van der Waals surface area contributed by atoms with Crippen molar-refractivity contribution >= 4 is 38.1 Å². The van der Waals surface area contributed by atoms with Gasteiger partial charge in [-0.3, -0.25) is 0 Å². The number of hydrogen-bond donors (Lipinski definition) is 1. The van der Waals surface area contributed by atoms with E-state index in [1.807, 2.05) is 49.4 Å². The van der Waals surface area contributed by atoms with Gasteiger partial charge in [0.1, 0.15) is 6.07 Å². The first-order valence-corrected chi connectivity index (χ1v) is 7.43. The van der Waals surface area contributed by atoms with Gasteiger partial charge in [-0.15, -0.1) is 0 Å². The lowest BCUT2D eigenvalue weighted by atomic mass is 10.1. The fourth-order valence-corrected chi connectivity index (χ4v) is 2.85. The molecule has 3 aromatic carbocycles. The largest absolute Gasteiger partial charge is 0.354 e. The third-order valence-corrected chi connectivity index (χ3v) is 4.13. The molecule has 2 nitrogen and oxygen atoms in total. The molecule has 21 heavy (non-hydrogen) atoms. The van der Waals surface area contributed by atoms with Crippen molar-refractivity contribution in [2.24, 2.45) is 0 Å². The van der Waals surface area contributed by atoms with Gasteiger partial charge in [0.05, 0.1) is 11.3 Å². The first-order valence-electron chi connectivity index (χ1n) is 6.64. The summed E-state index contributed by atoms with van der Waals surface area (Å²) in [5.41, 5.74) is 3.56. The van der Waals surface area contributed by atoms with E-state index < -0.39 is 0 Å². The minimum atomic E-state index is 0.655. The lowest BCUT2D eigenvalue weighted by molar-refractivity contribution is 1.41. The standard InChI is InChI=1S/C18H13BrN2/c1-12-6-8-17(13(10-12)11-20)21-18-9-7-16(19)14-4-2-3-5-15(14)18/h2-10,21H,1H3. The van der Waals surface area contributed by atoms with Crippen LogP contribution in [0.15, 0.2) is 59.1 Å². The Kier molecular flexibility index (Phi) is 3.64. The van der Waals surface area contributed by atoms with Crippen molar-refractivity contribution in [2.75, 3.05) is 5.32 Å². The molecule has 0 aliphatic carbocycles. The van der Waals surface area contributed by atoms with Gasteiger partial charge in [-0.05, 0) is 42.1 Å². The number of halogens is 1. The first-order chi connectivity index (χ1) is 10.2. The van der Waals surface area contributed by atoms with Crippen molar-refractivity contribution in [1.82, 2.24) is 0 Å². The second-order valence-electron chi connectivity index (χ2n) is 4.93. The van der Waals surface area contributed by atoms with Crippen LogP contribution in [0.2, 0.25) is 0 Å². The zero-order valence-corrected chi connectivity index (χ0v) is 13.1. The molecule has 0 aliphatic rings. The summed E-state index contributed by atoms with van der Waals surface area (Å²) < 4.78 is 1.06. The van der Waals surface area contributed by atoms with Crippen molar-refractivity contribution in [1.29, 1.82) is 5.26 Å². The molecule has 0 bridgehead atoms. The second kappa shape index (κ2) is 5.59. The summed E-state index contributed by atoms with van der Waals surface area (Å²) in [6.45, 7) is 1.99. The van der Waals surface area contributed by atoms with E-state index in [0.717, 1.165) is 32.2 Å². The number of rotatable bonds is 2. The van der Waals surface area contributed by atoms with E-state index in [1.165, 1.54) is 0 Å². The van der Waals surface area contributed by atoms with E-state index in [4.69, 9.17) is 0 Å². The maximum Gasteiger partial charge on any atom is 0.101 e. The highest BCUT2D eigenvalue weighted by Gasteiger charge is 2.07. The highest BCUT2D eigenvalue weighted by molar-refractivity contribution is 9.10. The van der Waals surface area contributed by atoms with Crippen LogP contribution in [-0.2, 0) is 0 Å². The molecule has 0 atom stereocenters. The quantitative estimate of drug-likeness (QED) is 0.668. The Bertz CT molecular complexity index is 863. The van der Waals surface area contributed by atoms with Crippen molar-refractivity contribution in [3.05, 3.63) is 70.2 Å². The molecule has 0 amide bonds. The van der Waals surface area contributed by atoms with Crippen LogP contribution in [0.1, 0.15) is 11.1 Å².